The molecular formula is C12H21NO4S2. The summed E-state index contributed by atoms with van der Waals surface area (Å²) in [5.74, 6) is 0.757. The van der Waals surface area contributed by atoms with Crippen LogP contribution in [0.5, 0.6) is 0 Å². The largest absolute Gasteiger partial charge is 0.480 e. The van der Waals surface area contributed by atoms with Crippen molar-refractivity contribution in [1.82, 2.24) is 4.90 Å². The molecule has 1 saturated carbocycles. The van der Waals surface area contributed by atoms with Gasteiger partial charge in [-0.05, 0) is 19.3 Å². The fraction of sp³-hybridized carbons (Fsp3) is 0.917. The number of thioether (sulfide) groups is 1. The molecule has 2 aliphatic rings. The third-order valence-corrected chi connectivity index (χ3v) is 6.79. The Bertz CT molecular complexity index is 437. The Morgan fingerprint density at radius 2 is 2.11 bits per heavy atom. The van der Waals surface area contributed by atoms with E-state index in [1.807, 2.05) is 4.90 Å². The lowest BCUT2D eigenvalue weighted by atomic mass is 9.92. The smallest absolute Gasteiger partial charge is 0.321 e. The van der Waals surface area contributed by atoms with Gasteiger partial charge >= 0.3 is 5.97 Å². The molecule has 1 aliphatic carbocycles. The molecule has 3 unspecified atom stereocenters. The maximum absolute atomic E-state index is 11.7. The van der Waals surface area contributed by atoms with Crippen LogP contribution in [0.15, 0.2) is 0 Å². The molecule has 110 valence electrons. The molecule has 1 N–H and O–H groups in total. The van der Waals surface area contributed by atoms with Gasteiger partial charge in [0.05, 0.1) is 5.25 Å². The van der Waals surface area contributed by atoms with Crippen LogP contribution < -0.4 is 0 Å². The number of carbonyl (C=O) groups is 1. The predicted molar refractivity (Wildman–Crippen MR) is 76.3 cm³/mol. The van der Waals surface area contributed by atoms with Crippen molar-refractivity contribution in [1.29, 1.82) is 0 Å². The Morgan fingerprint density at radius 3 is 2.74 bits per heavy atom. The summed E-state index contributed by atoms with van der Waals surface area (Å²) < 4.78 is 23.4. The number of rotatable bonds is 3. The zero-order valence-corrected chi connectivity index (χ0v) is 12.8. The summed E-state index contributed by atoms with van der Waals surface area (Å²) in [6.07, 6.45) is 4.39. The van der Waals surface area contributed by atoms with Crippen LogP contribution in [0.4, 0.5) is 0 Å². The molecule has 1 saturated heterocycles. The van der Waals surface area contributed by atoms with Gasteiger partial charge in [-0.25, -0.2) is 8.42 Å². The van der Waals surface area contributed by atoms with Crippen LogP contribution in [-0.4, -0.2) is 66.0 Å². The fourth-order valence-electron chi connectivity index (χ4n) is 3.08. The van der Waals surface area contributed by atoms with Crippen molar-refractivity contribution in [3.63, 3.8) is 0 Å². The highest BCUT2D eigenvalue weighted by Gasteiger charge is 2.38. The molecule has 0 amide bonds. The summed E-state index contributed by atoms with van der Waals surface area (Å²) in [4.78, 5) is 13.3. The van der Waals surface area contributed by atoms with Crippen molar-refractivity contribution >= 4 is 27.6 Å². The fourth-order valence-corrected chi connectivity index (χ4v) is 5.31. The first kappa shape index (κ1) is 15.1. The van der Waals surface area contributed by atoms with Crippen LogP contribution in [0.2, 0.25) is 0 Å². The van der Waals surface area contributed by atoms with Gasteiger partial charge in [-0.1, -0.05) is 6.42 Å². The van der Waals surface area contributed by atoms with Crippen LogP contribution in [0.25, 0.3) is 0 Å². The van der Waals surface area contributed by atoms with Crippen LogP contribution in [0.3, 0.4) is 0 Å². The van der Waals surface area contributed by atoms with E-state index < -0.39 is 21.8 Å². The summed E-state index contributed by atoms with van der Waals surface area (Å²) in [6.45, 7) is 0.753. The molecule has 0 spiro atoms. The highest BCUT2D eigenvalue weighted by molar-refractivity contribution is 7.99. The zero-order valence-electron chi connectivity index (χ0n) is 11.1. The molecular weight excluding hydrogens is 286 g/mol. The summed E-state index contributed by atoms with van der Waals surface area (Å²) in [5, 5.41) is 9.00. The molecule has 19 heavy (non-hydrogen) atoms. The van der Waals surface area contributed by atoms with Crippen LogP contribution in [0, 0.1) is 0 Å². The first-order valence-electron chi connectivity index (χ1n) is 6.64. The Labute approximate surface area is 118 Å². The van der Waals surface area contributed by atoms with E-state index in [4.69, 9.17) is 0 Å². The molecule has 5 nitrogen and oxygen atoms in total. The molecule has 0 aromatic carbocycles. The third-order valence-electron chi connectivity index (χ3n) is 4.13. The molecule has 2 fully saturated rings. The van der Waals surface area contributed by atoms with Crippen molar-refractivity contribution in [2.75, 3.05) is 24.3 Å². The summed E-state index contributed by atoms with van der Waals surface area (Å²) in [7, 11) is -3.01. The maximum atomic E-state index is 11.7. The zero-order chi connectivity index (χ0) is 14.0. The van der Waals surface area contributed by atoms with Crippen molar-refractivity contribution in [2.45, 2.75) is 43.0 Å². The van der Waals surface area contributed by atoms with Crippen molar-refractivity contribution in [2.24, 2.45) is 0 Å². The van der Waals surface area contributed by atoms with E-state index in [1.165, 1.54) is 6.26 Å². The molecule has 0 aromatic rings. The van der Waals surface area contributed by atoms with Gasteiger partial charge in [0.2, 0.25) is 0 Å². The predicted octanol–water partition coefficient (Wildman–Crippen LogP) is 0.844. The van der Waals surface area contributed by atoms with E-state index in [-0.39, 0.29) is 11.3 Å². The molecule has 0 radical (unpaired) electrons. The SMILES string of the molecule is CS(=O)(=O)C1CCCC(N2CCSCC2C(=O)O)C1. The second kappa shape index (κ2) is 6.01. The Balaban J connectivity index is 2.09. The second-order valence-electron chi connectivity index (χ2n) is 5.44. The Morgan fingerprint density at radius 1 is 1.37 bits per heavy atom. The van der Waals surface area contributed by atoms with Crippen molar-refractivity contribution in [3.8, 4) is 0 Å². The third kappa shape index (κ3) is 3.64. The van der Waals surface area contributed by atoms with Gasteiger partial charge in [-0.2, -0.15) is 11.8 Å². The minimum Gasteiger partial charge on any atom is -0.480 e. The highest BCUT2D eigenvalue weighted by Crippen LogP contribution is 2.30. The van der Waals surface area contributed by atoms with Crippen molar-refractivity contribution in [3.05, 3.63) is 0 Å². The van der Waals surface area contributed by atoms with E-state index in [1.54, 1.807) is 11.8 Å². The highest BCUT2D eigenvalue weighted by atomic mass is 32.2. The number of carboxylic acid groups (broad SMARTS) is 1. The summed E-state index contributed by atoms with van der Waals surface area (Å²) in [6, 6.07) is -0.350. The Hall–Kier alpha value is -0.270. The van der Waals surface area contributed by atoms with Crippen LogP contribution >= 0.6 is 11.8 Å². The van der Waals surface area contributed by atoms with Gasteiger partial charge in [0.15, 0.2) is 0 Å². The number of carboxylic acids is 1. The first-order chi connectivity index (χ1) is 8.89. The number of sulfone groups is 1. The number of hydrogen-bond acceptors (Lipinski definition) is 5. The Kier molecular flexibility index (Phi) is 4.79. The minimum atomic E-state index is -3.01. The summed E-state index contributed by atoms with van der Waals surface area (Å²) in [5.41, 5.74) is 0. The van der Waals surface area contributed by atoms with E-state index in [0.29, 0.717) is 12.2 Å². The van der Waals surface area contributed by atoms with Gasteiger partial charge in [-0.3, -0.25) is 9.69 Å². The number of nitrogens with zero attached hydrogens (tertiary/aromatic N) is 1. The molecule has 2 rings (SSSR count). The van der Waals surface area contributed by atoms with E-state index >= 15 is 0 Å². The van der Waals surface area contributed by atoms with Gasteiger partial charge in [0, 0.05) is 30.3 Å². The van der Waals surface area contributed by atoms with E-state index in [0.717, 1.165) is 31.6 Å². The molecule has 0 aromatic heterocycles. The lowest BCUT2D eigenvalue weighted by molar-refractivity contribution is -0.143. The molecule has 7 heteroatoms. The number of hydrogen-bond donors (Lipinski definition) is 1. The molecule has 0 bridgehead atoms. The van der Waals surface area contributed by atoms with Crippen LogP contribution in [0.1, 0.15) is 25.7 Å². The standard InChI is InChI=1S/C12H21NO4S2/c1-19(16,17)10-4-2-3-9(7-10)13-5-6-18-8-11(13)12(14)15/h9-11H,2-8H2,1H3,(H,14,15). The molecule has 1 aliphatic heterocycles. The second-order valence-corrected chi connectivity index (χ2v) is 8.91. The summed E-state index contributed by atoms with van der Waals surface area (Å²) >= 11 is 1.66. The lowest BCUT2D eigenvalue weighted by Gasteiger charge is -2.42. The van der Waals surface area contributed by atoms with Crippen molar-refractivity contribution < 1.29 is 18.3 Å². The number of aliphatic carboxylic acids is 1. The van der Waals surface area contributed by atoms with E-state index in [2.05, 4.69) is 0 Å². The monoisotopic (exact) mass is 307 g/mol. The molecule has 1 heterocycles. The average Bonchev–Trinajstić information content (AvgIpc) is 2.38. The van der Waals surface area contributed by atoms with Gasteiger partial charge in [0.25, 0.3) is 0 Å². The lowest BCUT2D eigenvalue weighted by Crippen LogP contribution is -2.54. The van der Waals surface area contributed by atoms with Gasteiger partial charge < -0.3 is 5.11 Å². The topological polar surface area (TPSA) is 74.7 Å². The maximum Gasteiger partial charge on any atom is 0.321 e. The van der Waals surface area contributed by atoms with Crippen LogP contribution in [-0.2, 0) is 14.6 Å². The quantitative estimate of drug-likeness (QED) is 0.833. The van der Waals surface area contributed by atoms with E-state index in [9.17, 15) is 18.3 Å². The minimum absolute atomic E-state index is 0.107. The average molecular weight is 307 g/mol. The normalized spacial score (nSPS) is 34.1. The first-order valence-corrected chi connectivity index (χ1v) is 9.75. The molecule has 3 atom stereocenters. The van der Waals surface area contributed by atoms with Gasteiger partial charge in [0.1, 0.15) is 15.9 Å². The van der Waals surface area contributed by atoms with Gasteiger partial charge in [-0.15, -0.1) is 0 Å².